The van der Waals surface area contributed by atoms with Crippen LogP contribution in [0.4, 0.5) is 5.69 Å². The minimum atomic E-state index is -4.03. The number of para-hydroxylation sites is 1. The van der Waals surface area contributed by atoms with Crippen LogP contribution in [0.1, 0.15) is 27.0 Å². The Hall–Kier alpha value is -3.69. The van der Waals surface area contributed by atoms with Crippen LogP contribution in [0.5, 0.6) is 0 Å². The Bertz CT molecular complexity index is 1250. The quantitative estimate of drug-likeness (QED) is 0.394. The van der Waals surface area contributed by atoms with Gasteiger partial charge in [0.2, 0.25) is 0 Å². The second kappa shape index (κ2) is 9.41. The summed E-state index contributed by atoms with van der Waals surface area (Å²) in [6.45, 7) is 3.63. The highest BCUT2D eigenvalue weighted by molar-refractivity contribution is 7.92. The second-order valence-electron chi connectivity index (χ2n) is 7.19. The molecular weight excluding hydrogens is 408 g/mol. The number of anilines is 1. The first-order chi connectivity index (χ1) is 14.8. The van der Waals surface area contributed by atoms with E-state index in [2.05, 4.69) is 6.07 Å². The lowest BCUT2D eigenvalue weighted by atomic mass is 10.1. The highest BCUT2D eigenvalue weighted by Gasteiger charge is 2.27. The van der Waals surface area contributed by atoms with Gasteiger partial charge in [0.25, 0.3) is 10.0 Å². The molecule has 5 nitrogen and oxygen atoms in total. The number of carbonyl (C=O) groups excluding carboxylic acids is 1. The highest BCUT2D eigenvalue weighted by atomic mass is 32.2. The van der Waals surface area contributed by atoms with Crippen LogP contribution in [0.2, 0.25) is 0 Å². The number of sulfonamides is 1. The largest absolute Gasteiger partial charge is 0.298 e. The third kappa shape index (κ3) is 5.08. The van der Waals surface area contributed by atoms with Gasteiger partial charge in [-0.15, -0.1) is 0 Å². The van der Waals surface area contributed by atoms with Gasteiger partial charge in [-0.1, -0.05) is 59.7 Å². The summed E-state index contributed by atoms with van der Waals surface area (Å²) in [5.74, 6) is 0. The molecule has 0 unspecified atom stereocenters. The van der Waals surface area contributed by atoms with Gasteiger partial charge in [-0.05, 0) is 49.8 Å². The number of hydrogen-bond acceptors (Lipinski definition) is 4. The fraction of sp³-hybridized carbons (Fsp3) is 0.120. The molecule has 0 spiro atoms. The Morgan fingerprint density at radius 3 is 2.10 bits per heavy atom. The minimum absolute atomic E-state index is 0.0893. The molecule has 0 aromatic heterocycles. The van der Waals surface area contributed by atoms with E-state index in [1.807, 2.05) is 38.1 Å². The SMILES string of the molecule is Cc1ccc(/C=C(\C#N)CN(c2ccccc2C=O)S(=O)(=O)c2ccc(C)cc2)cc1. The Morgan fingerprint density at radius 2 is 1.52 bits per heavy atom. The number of hydrogen-bond donors (Lipinski definition) is 0. The standard InChI is InChI=1S/C25H22N2O3S/c1-19-7-11-21(12-8-19)15-22(16-26)17-27(25-6-4-3-5-23(25)18-28)31(29,30)24-13-9-20(2)10-14-24/h3-15,18H,17H2,1-2H3/b22-15+. The molecular formula is C25H22N2O3S. The van der Waals surface area contributed by atoms with E-state index in [1.165, 1.54) is 12.1 Å². The van der Waals surface area contributed by atoms with Gasteiger partial charge in [0, 0.05) is 5.56 Å². The molecule has 0 fully saturated rings. The van der Waals surface area contributed by atoms with Gasteiger partial charge in [-0.2, -0.15) is 5.26 Å². The zero-order chi connectivity index (χ0) is 22.4. The lowest BCUT2D eigenvalue weighted by molar-refractivity contribution is 0.112. The lowest BCUT2D eigenvalue weighted by Gasteiger charge is -2.25. The monoisotopic (exact) mass is 430 g/mol. The van der Waals surface area contributed by atoms with Crippen molar-refractivity contribution in [2.75, 3.05) is 10.8 Å². The summed E-state index contributed by atoms with van der Waals surface area (Å²) < 4.78 is 28.2. The van der Waals surface area contributed by atoms with Gasteiger partial charge in [-0.25, -0.2) is 8.42 Å². The molecule has 0 amide bonds. The van der Waals surface area contributed by atoms with E-state index in [9.17, 15) is 18.5 Å². The van der Waals surface area contributed by atoms with Crippen molar-refractivity contribution in [3.05, 3.63) is 101 Å². The fourth-order valence-corrected chi connectivity index (χ4v) is 4.55. The number of rotatable bonds is 7. The molecule has 0 saturated carbocycles. The summed E-state index contributed by atoms with van der Waals surface area (Å²) in [6.07, 6.45) is 2.27. The number of aryl methyl sites for hydroxylation is 2. The molecule has 0 N–H and O–H groups in total. The first-order valence-corrected chi connectivity index (χ1v) is 11.1. The molecule has 0 saturated heterocycles. The van der Waals surface area contributed by atoms with Crippen molar-refractivity contribution in [2.45, 2.75) is 18.7 Å². The molecule has 0 bridgehead atoms. The van der Waals surface area contributed by atoms with Crippen molar-refractivity contribution in [2.24, 2.45) is 0 Å². The number of nitriles is 1. The molecule has 0 atom stereocenters. The van der Waals surface area contributed by atoms with Gasteiger partial charge >= 0.3 is 0 Å². The zero-order valence-electron chi connectivity index (χ0n) is 17.3. The van der Waals surface area contributed by atoms with E-state index in [1.54, 1.807) is 42.5 Å². The van der Waals surface area contributed by atoms with Crippen LogP contribution < -0.4 is 4.31 Å². The van der Waals surface area contributed by atoms with E-state index >= 15 is 0 Å². The number of benzene rings is 3. The van der Waals surface area contributed by atoms with Gasteiger partial charge < -0.3 is 0 Å². The molecule has 3 aromatic carbocycles. The summed E-state index contributed by atoms with van der Waals surface area (Å²) in [4.78, 5) is 11.7. The summed E-state index contributed by atoms with van der Waals surface area (Å²) in [5, 5.41) is 9.73. The molecule has 6 heteroatoms. The van der Waals surface area contributed by atoms with Crippen molar-refractivity contribution in [3.8, 4) is 6.07 Å². The summed E-state index contributed by atoms with van der Waals surface area (Å²) >= 11 is 0. The third-order valence-corrected chi connectivity index (χ3v) is 6.59. The first-order valence-electron chi connectivity index (χ1n) is 9.66. The fourth-order valence-electron chi connectivity index (χ4n) is 3.08. The molecule has 156 valence electrons. The molecule has 0 aliphatic carbocycles. The molecule has 0 heterocycles. The summed E-state index contributed by atoms with van der Waals surface area (Å²) in [6, 6.07) is 22.6. The van der Waals surface area contributed by atoms with Crippen LogP contribution in [0.3, 0.4) is 0 Å². The van der Waals surface area contributed by atoms with Crippen LogP contribution in [-0.4, -0.2) is 21.2 Å². The molecule has 3 rings (SSSR count). The van der Waals surface area contributed by atoms with Crippen LogP contribution >= 0.6 is 0 Å². The Morgan fingerprint density at radius 1 is 0.935 bits per heavy atom. The van der Waals surface area contributed by atoms with Gasteiger partial charge in [0.1, 0.15) is 0 Å². The van der Waals surface area contributed by atoms with Crippen molar-refractivity contribution >= 4 is 28.1 Å². The third-order valence-electron chi connectivity index (χ3n) is 4.82. The summed E-state index contributed by atoms with van der Waals surface area (Å²) in [7, 11) is -4.03. The lowest BCUT2D eigenvalue weighted by Crippen LogP contribution is -2.33. The Labute approximate surface area is 182 Å². The topological polar surface area (TPSA) is 78.2 Å². The Balaban J connectivity index is 2.11. The van der Waals surface area contributed by atoms with E-state index in [4.69, 9.17) is 0 Å². The van der Waals surface area contributed by atoms with Gasteiger partial charge in [0.15, 0.2) is 6.29 Å². The smallest absolute Gasteiger partial charge is 0.264 e. The highest BCUT2D eigenvalue weighted by Crippen LogP contribution is 2.28. The average molecular weight is 431 g/mol. The van der Waals surface area contributed by atoms with E-state index in [0.29, 0.717) is 6.29 Å². The number of carbonyl (C=O) groups is 1. The molecule has 0 aliphatic heterocycles. The zero-order valence-corrected chi connectivity index (χ0v) is 18.1. The predicted molar refractivity (Wildman–Crippen MR) is 122 cm³/mol. The second-order valence-corrected chi connectivity index (χ2v) is 9.06. The normalized spacial score (nSPS) is 11.6. The van der Waals surface area contributed by atoms with Crippen molar-refractivity contribution < 1.29 is 13.2 Å². The number of nitrogens with zero attached hydrogens (tertiary/aromatic N) is 2. The van der Waals surface area contributed by atoms with Crippen LogP contribution in [0.25, 0.3) is 6.08 Å². The van der Waals surface area contributed by atoms with Crippen LogP contribution in [0.15, 0.2) is 83.3 Å². The van der Waals surface area contributed by atoms with E-state index in [0.717, 1.165) is 21.0 Å². The molecule has 3 aromatic rings. The van der Waals surface area contributed by atoms with E-state index < -0.39 is 10.0 Å². The maximum absolute atomic E-state index is 13.5. The maximum Gasteiger partial charge on any atom is 0.264 e. The van der Waals surface area contributed by atoms with Crippen molar-refractivity contribution in [3.63, 3.8) is 0 Å². The summed E-state index contributed by atoms with van der Waals surface area (Å²) in [5.41, 5.74) is 3.50. The molecule has 0 aliphatic rings. The predicted octanol–water partition coefficient (Wildman–Crippen LogP) is 4.92. The molecule has 0 radical (unpaired) electrons. The van der Waals surface area contributed by atoms with E-state index in [-0.39, 0.29) is 28.3 Å². The average Bonchev–Trinajstić information content (AvgIpc) is 2.78. The minimum Gasteiger partial charge on any atom is -0.298 e. The maximum atomic E-state index is 13.5. The van der Waals surface area contributed by atoms with Gasteiger partial charge in [0.05, 0.1) is 28.8 Å². The molecule has 31 heavy (non-hydrogen) atoms. The van der Waals surface area contributed by atoms with Crippen LogP contribution in [-0.2, 0) is 10.0 Å². The first kappa shape index (κ1) is 22.0. The van der Waals surface area contributed by atoms with Crippen molar-refractivity contribution in [1.29, 1.82) is 5.26 Å². The van der Waals surface area contributed by atoms with Gasteiger partial charge in [-0.3, -0.25) is 9.10 Å². The van der Waals surface area contributed by atoms with Crippen LogP contribution in [0, 0.1) is 25.2 Å². The van der Waals surface area contributed by atoms with Crippen molar-refractivity contribution in [1.82, 2.24) is 0 Å². The number of aldehydes is 1. The Kier molecular flexibility index (Phi) is 6.68.